The molecule has 0 aliphatic carbocycles. The second kappa shape index (κ2) is 10.0. The summed E-state index contributed by atoms with van der Waals surface area (Å²) >= 11 is 1.38. The van der Waals surface area contributed by atoms with Gasteiger partial charge in [-0.25, -0.2) is 4.79 Å². The molecule has 3 N–H and O–H groups in total. The van der Waals surface area contributed by atoms with Crippen LogP contribution in [0.1, 0.15) is 29.8 Å². The Morgan fingerprint density at radius 3 is 2.34 bits per heavy atom. The summed E-state index contributed by atoms with van der Waals surface area (Å²) in [6, 6.07) is 8.01. The van der Waals surface area contributed by atoms with E-state index in [4.69, 9.17) is 4.74 Å². The molecule has 1 amide bonds. The van der Waals surface area contributed by atoms with Crippen LogP contribution < -0.4 is 15.1 Å². The van der Waals surface area contributed by atoms with Crippen molar-refractivity contribution in [1.29, 1.82) is 0 Å². The van der Waals surface area contributed by atoms with Gasteiger partial charge < -0.3 is 19.9 Å². The minimum atomic E-state index is -0.396. The molecule has 156 valence electrons. The van der Waals surface area contributed by atoms with E-state index in [0.717, 1.165) is 49.4 Å². The van der Waals surface area contributed by atoms with Gasteiger partial charge in [0.2, 0.25) is 0 Å². The van der Waals surface area contributed by atoms with Crippen LogP contribution in [0.25, 0.3) is 11.1 Å². The highest BCUT2D eigenvalue weighted by Gasteiger charge is 2.26. The minimum Gasteiger partial charge on any atom is -0.462 e. The average molecular weight is 418 g/mol. The van der Waals surface area contributed by atoms with Crippen LogP contribution in [0.15, 0.2) is 29.6 Å². The van der Waals surface area contributed by atoms with E-state index < -0.39 is 5.97 Å². The molecule has 1 saturated heterocycles. The van der Waals surface area contributed by atoms with Crippen LogP contribution in [0.5, 0.6) is 0 Å². The Bertz CT molecular complexity index is 839. The van der Waals surface area contributed by atoms with Gasteiger partial charge in [0.15, 0.2) is 6.54 Å². The van der Waals surface area contributed by atoms with Crippen LogP contribution in [0.3, 0.4) is 0 Å². The van der Waals surface area contributed by atoms with Crippen LogP contribution in [-0.4, -0.2) is 57.8 Å². The molecule has 1 aliphatic heterocycles. The zero-order valence-electron chi connectivity index (χ0n) is 17.5. The number of likely N-dealkylation sites (N-methyl/N-ethyl adjacent to an activating group) is 1. The van der Waals surface area contributed by atoms with Gasteiger partial charge in [-0.3, -0.25) is 4.79 Å². The van der Waals surface area contributed by atoms with E-state index in [0.29, 0.717) is 23.7 Å². The van der Waals surface area contributed by atoms with Crippen molar-refractivity contribution in [3.05, 3.63) is 40.8 Å². The van der Waals surface area contributed by atoms with Crippen LogP contribution in [0.4, 0.5) is 5.00 Å². The van der Waals surface area contributed by atoms with E-state index in [9.17, 15) is 9.59 Å². The number of nitrogens with one attached hydrogen (secondary N) is 3. The van der Waals surface area contributed by atoms with Crippen molar-refractivity contribution in [2.45, 2.75) is 20.8 Å². The van der Waals surface area contributed by atoms with Gasteiger partial charge in [-0.05, 0) is 26.3 Å². The molecule has 2 aromatic rings. The molecule has 1 fully saturated rings. The Morgan fingerprint density at radius 2 is 1.72 bits per heavy atom. The molecule has 3 rings (SSSR count). The SMILES string of the molecule is CCOC(=O)c1c(-c2ccc(C)cc2)csc1NC(=O)C[NH+]1CC[NH+](CC)CC1. The van der Waals surface area contributed by atoms with Crippen LogP contribution in [0.2, 0.25) is 0 Å². The molecular weight excluding hydrogens is 386 g/mol. The molecule has 0 radical (unpaired) electrons. The molecule has 1 aliphatic rings. The summed E-state index contributed by atoms with van der Waals surface area (Å²) in [6.45, 7) is 12.1. The fraction of sp³-hybridized carbons (Fsp3) is 0.455. The maximum absolute atomic E-state index is 12.7. The van der Waals surface area contributed by atoms with Crippen molar-refractivity contribution in [2.24, 2.45) is 0 Å². The van der Waals surface area contributed by atoms with E-state index >= 15 is 0 Å². The number of hydrogen-bond donors (Lipinski definition) is 3. The lowest BCUT2D eigenvalue weighted by Crippen LogP contribution is -3.28. The highest BCUT2D eigenvalue weighted by molar-refractivity contribution is 7.15. The fourth-order valence-electron chi connectivity index (χ4n) is 3.69. The third-order valence-corrected chi connectivity index (χ3v) is 6.36. The molecule has 1 aromatic heterocycles. The number of amides is 1. The van der Waals surface area contributed by atoms with E-state index in [1.165, 1.54) is 16.2 Å². The van der Waals surface area contributed by atoms with Gasteiger partial charge in [-0.15, -0.1) is 11.3 Å². The first-order valence-electron chi connectivity index (χ1n) is 10.3. The number of carbonyl (C=O) groups excluding carboxylic acids is 2. The molecule has 7 heteroatoms. The molecule has 0 bridgehead atoms. The third kappa shape index (κ3) is 5.44. The summed E-state index contributed by atoms with van der Waals surface area (Å²) in [4.78, 5) is 28.2. The Labute approximate surface area is 176 Å². The highest BCUT2D eigenvalue weighted by Crippen LogP contribution is 2.36. The number of carbonyl (C=O) groups is 2. The fourth-order valence-corrected chi connectivity index (χ4v) is 4.66. The number of quaternary nitrogens is 2. The first-order chi connectivity index (χ1) is 14.0. The summed E-state index contributed by atoms with van der Waals surface area (Å²) in [7, 11) is 0. The largest absolute Gasteiger partial charge is 0.462 e. The molecule has 0 unspecified atom stereocenters. The molecule has 0 spiro atoms. The average Bonchev–Trinajstić information content (AvgIpc) is 3.12. The zero-order chi connectivity index (χ0) is 20.8. The van der Waals surface area contributed by atoms with E-state index in [1.807, 2.05) is 36.6 Å². The molecule has 0 atom stereocenters. The molecule has 6 nitrogen and oxygen atoms in total. The Morgan fingerprint density at radius 1 is 1.07 bits per heavy atom. The number of thiophene rings is 1. The smallest absolute Gasteiger partial charge is 0.341 e. The maximum atomic E-state index is 12.7. The van der Waals surface area contributed by atoms with Crippen molar-refractivity contribution in [2.75, 3.05) is 51.2 Å². The quantitative estimate of drug-likeness (QED) is 0.580. The lowest BCUT2D eigenvalue weighted by atomic mass is 10.0. The summed E-state index contributed by atoms with van der Waals surface area (Å²) < 4.78 is 5.28. The number of benzene rings is 1. The lowest BCUT2D eigenvalue weighted by Gasteiger charge is -2.28. The predicted molar refractivity (Wildman–Crippen MR) is 116 cm³/mol. The summed E-state index contributed by atoms with van der Waals surface area (Å²) in [6.07, 6.45) is 0. The van der Waals surface area contributed by atoms with Gasteiger partial charge in [0.1, 0.15) is 36.7 Å². The van der Waals surface area contributed by atoms with Crippen LogP contribution in [-0.2, 0) is 9.53 Å². The number of piperazine rings is 1. The number of aryl methyl sites for hydroxylation is 1. The minimum absolute atomic E-state index is 0.0530. The van der Waals surface area contributed by atoms with Crippen molar-refractivity contribution in [3.8, 4) is 11.1 Å². The van der Waals surface area contributed by atoms with Crippen LogP contribution in [0, 0.1) is 6.92 Å². The van der Waals surface area contributed by atoms with Crippen LogP contribution >= 0.6 is 11.3 Å². The van der Waals surface area contributed by atoms with E-state index in [1.54, 1.807) is 11.8 Å². The third-order valence-electron chi connectivity index (χ3n) is 5.46. The Kier molecular flexibility index (Phi) is 7.41. The molecule has 2 heterocycles. The van der Waals surface area contributed by atoms with E-state index in [2.05, 4.69) is 12.2 Å². The second-order valence-electron chi connectivity index (χ2n) is 7.52. The zero-order valence-corrected chi connectivity index (χ0v) is 18.3. The normalized spacial score (nSPS) is 19.0. The number of esters is 1. The van der Waals surface area contributed by atoms with Gasteiger partial charge in [0, 0.05) is 10.9 Å². The van der Waals surface area contributed by atoms with Gasteiger partial charge in [0.25, 0.3) is 5.91 Å². The number of anilines is 1. The van der Waals surface area contributed by atoms with Gasteiger partial charge in [-0.1, -0.05) is 29.8 Å². The molecule has 29 heavy (non-hydrogen) atoms. The summed E-state index contributed by atoms with van der Waals surface area (Å²) in [5.41, 5.74) is 3.35. The maximum Gasteiger partial charge on any atom is 0.341 e. The molecule has 1 aromatic carbocycles. The second-order valence-corrected chi connectivity index (χ2v) is 8.40. The first kappa shape index (κ1) is 21.5. The van der Waals surface area contributed by atoms with Crippen molar-refractivity contribution >= 4 is 28.2 Å². The standard InChI is InChI=1S/C22H29N3O3S/c1-4-24-10-12-25(13-11-24)14-19(26)23-21-20(22(27)28-5-2)18(15-29-21)17-8-6-16(3)7-9-17/h6-9,15H,4-5,10-14H2,1-3H3,(H,23,26)/p+2. The van der Waals surface area contributed by atoms with Crippen molar-refractivity contribution in [1.82, 2.24) is 0 Å². The monoisotopic (exact) mass is 417 g/mol. The predicted octanol–water partition coefficient (Wildman–Crippen LogP) is 0.642. The van der Waals surface area contributed by atoms with Gasteiger partial charge in [-0.2, -0.15) is 0 Å². The molecule has 0 saturated carbocycles. The Balaban J connectivity index is 1.75. The van der Waals surface area contributed by atoms with Crippen molar-refractivity contribution < 1.29 is 24.1 Å². The topological polar surface area (TPSA) is 64.3 Å². The lowest BCUT2D eigenvalue weighted by molar-refractivity contribution is -1.01. The molecular formula is C22H31N3O3S+2. The van der Waals surface area contributed by atoms with Gasteiger partial charge >= 0.3 is 5.97 Å². The van der Waals surface area contributed by atoms with Crippen molar-refractivity contribution in [3.63, 3.8) is 0 Å². The highest BCUT2D eigenvalue weighted by atomic mass is 32.1. The summed E-state index contributed by atoms with van der Waals surface area (Å²) in [5.74, 6) is -0.449. The number of rotatable bonds is 7. The number of hydrogen-bond acceptors (Lipinski definition) is 4. The van der Waals surface area contributed by atoms with E-state index in [-0.39, 0.29) is 5.91 Å². The first-order valence-corrected chi connectivity index (χ1v) is 11.2. The summed E-state index contributed by atoms with van der Waals surface area (Å²) in [5, 5.41) is 5.47. The Hall–Kier alpha value is -2.22. The number of ether oxygens (including phenoxy) is 1. The van der Waals surface area contributed by atoms with Gasteiger partial charge in [0.05, 0.1) is 13.2 Å².